The number of carbonyl (C=O) groups is 2. The quantitative estimate of drug-likeness (QED) is 0.399. The second-order valence-electron chi connectivity index (χ2n) is 8.67. The van der Waals surface area contributed by atoms with Crippen molar-refractivity contribution >= 4 is 17.5 Å². The zero-order chi connectivity index (χ0) is 23.4. The Balaban J connectivity index is 1.21. The van der Waals surface area contributed by atoms with Crippen molar-refractivity contribution in [2.24, 2.45) is 5.92 Å². The topological polar surface area (TPSA) is 58.2 Å². The number of carbonyl (C=O) groups excluding carboxylic acids is 2. The normalized spacial score (nSPS) is 15.8. The van der Waals surface area contributed by atoms with Crippen molar-refractivity contribution in [3.63, 3.8) is 0 Å². The van der Waals surface area contributed by atoms with Crippen LogP contribution in [0.1, 0.15) is 17.5 Å². The first-order chi connectivity index (χ1) is 16.7. The molecule has 0 heterocycles. The van der Waals surface area contributed by atoms with Gasteiger partial charge in [0, 0.05) is 11.1 Å². The van der Waals surface area contributed by atoms with Gasteiger partial charge in [-0.05, 0) is 40.8 Å². The van der Waals surface area contributed by atoms with Gasteiger partial charge in [-0.1, -0.05) is 103 Å². The number of hydrogen-bond donors (Lipinski definition) is 2. The minimum Gasteiger partial charge on any atom is -0.347 e. The molecule has 168 valence electrons. The van der Waals surface area contributed by atoms with Crippen LogP contribution in [0.4, 0.5) is 5.69 Å². The highest BCUT2D eigenvalue weighted by Gasteiger charge is 2.60. The van der Waals surface area contributed by atoms with Crippen molar-refractivity contribution < 1.29 is 9.59 Å². The number of anilines is 1. The monoisotopic (exact) mass is 446 g/mol. The zero-order valence-electron chi connectivity index (χ0n) is 18.8. The molecule has 1 atom stereocenters. The summed E-state index contributed by atoms with van der Waals surface area (Å²) in [6.45, 7) is -0.0601. The number of amides is 2. The Labute approximate surface area is 199 Å². The second-order valence-corrected chi connectivity index (χ2v) is 8.67. The Kier molecular flexibility index (Phi) is 5.96. The molecule has 4 aromatic carbocycles. The molecular weight excluding hydrogens is 420 g/mol. The molecule has 1 aliphatic rings. The van der Waals surface area contributed by atoms with Gasteiger partial charge in [-0.3, -0.25) is 9.59 Å². The summed E-state index contributed by atoms with van der Waals surface area (Å²) >= 11 is 0. The Morgan fingerprint density at radius 1 is 0.676 bits per heavy atom. The zero-order valence-corrected chi connectivity index (χ0v) is 18.8. The Morgan fingerprint density at radius 2 is 1.18 bits per heavy atom. The van der Waals surface area contributed by atoms with Crippen molar-refractivity contribution in [3.8, 4) is 11.1 Å². The first kappa shape index (κ1) is 21.7. The van der Waals surface area contributed by atoms with Crippen LogP contribution < -0.4 is 10.6 Å². The minimum atomic E-state index is -0.337. The summed E-state index contributed by atoms with van der Waals surface area (Å²) in [5, 5.41) is 5.71. The lowest BCUT2D eigenvalue weighted by Gasteiger charge is -2.19. The Hall–Kier alpha value is -4.18. The average Bonchev–Trinajstić information content (AvgIpc) is 3.67. The molecule has 0 bridgehead atoms. The molecule has 0 aromatic heterocycles. The van der Waals surface area contributed by atoms with Gasteiger partial charge in [-0.2, -0.15) is 0 Å². The van der Waals surface area contributed by atoms with Crippen LogP contribution in [0.3, 0.4) is 0 Å². The maximum atomic E-state index is 13.0. The Bertz CT molecular complexity index is 1230. The van der Waals surface area contributed by atoms with Crippen LogP contribution in [0, 0.1) is 5.92 Å². The Morgan fingerprint density at radius 3 is 1.74 bits per heavy atom. The van der Waals surface area contributed by atoms with E-state index in [4.69, 9.17) is 0 Å². The van der Waals surface area contributed by atoms with E-state index in [1.54, 1.807) is 0 Å². The van der Waals surface area contributed by atoms with E-state index in [0.717, 1.165) is 28.7 Å². The SMILES string of the molecule is O=C(CNC(=O)C1CC1(c1ccccc1)c1ccccc1)Nc1ccc(-c2ccccc2)cc1. The highest BCUT2D eigenvalue weighted by Crippen LogP contribution is 2.58. The standard InChI is InChI=1S/C30H26N2O2/c33-28(32-26-18-16-23(17-19-26)22-10-4-1-5-11-22)21-31-29(34)27-20-30(27,24-12-6-2-7-13-24)25-14-8-3-9-15-25/h1-19,27H,20-21H2,(H,31,34)(H,32,33). The second kappa shape index (κ2) is 9.36. The molecule has 4 nitrogen and oxygen atoms in total. The van der Waals surface area contributed by atoms with Crippen LogP contribution in [-0.4, -0.2) is 18.4 Å². The van der Waals surface area contributed by atoms with E-state index < -0.39 is 0 Å². The molecule has 0 spiro atoms. The van der Waals surface area contributed by atoms with Crippen LogP contribution in [-0.2, 0) is 15.0 Å². The molecule has 0 saturated heterocycles. The van der Waals surface area contributed by atoms with Crippen molar-refractivity contribution in [2.45, 2.75) is 11.8 Å². The van der Waals surface area contributed by atoms with Crippen molar-refractivity contribution in [3.05, 3.63) is 126 Å². The highest BCUT2D eigenvalue weighted by atomic mass is 16.2. The van der Waals surface area contributed by atoms with Crippen molar-refractivity contribution in [1.82, 2.24) is 5.32 Å². The van der Waals surface area contributed by atoms with Crippen LogP contribution in [0.15, 0.2) is 115 Å². The maximum Gasteiger partial charge on any atom is 0.243 e. The van der Waals surface area contributed by atoms with Gasteiger partial charge in [-0.25, -0.2) is 0 Å². The molecule has 1 unspecified atom stereocenters. The molecule has 5 rings (SSSR count). The molecule has 1 fully saturated rings. The molecule has 4 aromatic rings. The van der Waals surface area contributed by atoms with Gasteiger partial charge in [0.15, 0.2) is 0 Å². The van der Waals surface area contributed by atoms with E-state index in [1.807, 2.05) is 91.0 Å². The van der Waals surface area contributed by atoms with Gasteiger partial charge in [0.05, 0.1) is 12.5 Å². The van der Waals surface area contributed by atoms with Gasteiger partial charge < -0.3 is 10.6 Å². The van der Waals surface area contributed by atoms with Crippen LogP contribution >= 0.6 is 0 Å². The lowest BCUT2D eigenvalue weighted by atomic mass is 9.85. The third-order valence-electron chi connectivity index (χ3n) is 6.55. The molecule has 0 radical (unpaired) electrons. The van der Waals surface area contributed by atoms with E-state index in [2.05, 4.69) is 34.9 Å². The summed E-state index contributed by atoms with van der Waals surface area (Å²) in [6, 6.07) is 38.1. The van der Waals surface area contributed by atoms with Crippen LogP contribution in [0.25, 0.3) is 11.1 Å². The molecular formula is C30H26N2O2. The van der Waals surface area contributed by atoms with Crippen LogP contribution in [0.2, 0.25) is 0 Å². The first-order valence-electron chi connectivity index (χ1n) is 11.5. The fourth-order valence-corrected chi connectivity index (χ4v) is 4.73. The summed E-state index contributed by atoms with van der Waals surface area (Å²) in [7, 11) is 0. The van der Waals surface area contributed by atoms with Gasteiger partial charge in [0.25, 0.3) is 0 Å². The third kappa shape index (κ3) is 4.35. The molecule has 4 heteroatoms. The smallest absolute Gasteiger partial charge is 0.243 e. The van der Waals surface area contributed by atoms with Gasteiger partial charge >= 0.3 is 0 Å². The summed E-state index contributed by atoms with van der Waals surface area (Å²) in [5.74, 6) is -0.538. The number of hydrogen-bond acceptors (Lipinski definition) is 2. The molecule has 1 saturated carbocycles. The lowest BCUT2D eigenvalue weighted by molar-refractivity contribution is -0.125. The van der Waals surface area contributed by atoms with Gasteiger partial charge in [0.1, 0.15) is 0 Å². The molecule has 34 heavy (non-hydrogen) atoms. The van der Waals surface area contributed by atoms with E-state index in [-0.39, 0.29) is 29.7 Å². The minimum absolute atomic E-state index is 0.0601. The summed E-state index contributed by atoms with van der Waals surface area (Å²) < 4.78 is 0. The maximum absolute atomic E-state index is 13.0. The van der Waals surface area contributed by atoms with E-state index in [0.29, 0.717) is 5.69 Å². The fraction of sp³-hybridized carbons (Fsp3) is 0.133. The van der Waals surface area contributed by atoms with E-state index in [9.17, 15) is 9.59 Å². The first-order valence-corrected chi connectivity index (χ1v) is 11.5. The van der Waals surface area contributed by atoms with Crippen molar-refractivity contribution in [2.75, 3.05) is 11.9 Å². The predicted octanol–water partition coefficient (Wildman–Crippen LogP) is 5.41. The van der Waals surface area contributed by atoms with E-state index >= 15 is 0 Å². The molecule has 2 N–H and O–H groups in total. The fourth-order valence-electron chi connectivity index (χ4n) is 4.73. The predicted molar refractivity (Wildman–Crippen MR) is 135 cm³/mol. The lowest BCUT2D eigenvalue weighted by Crippen LogP contribution is -2.35. The molecule has 0 aliphatic heterocycles. The summed E-state index contributed by atoms with van der Waals surface area (Å²) in [5.41, 5.74) is 4.83. The third-order valence-corrected chi connectivity index (χ3v) is 6.55. The van der Waals surface area contributed by atoms with Gasteiger partial charge in [-0.15, -0.1) is 0 Å². The largest absolute Gasteiger partial charge is 0.347 e. The summed E-state index contributed by atoms with van der Waals surface area (Å²) in [6.07, 6.45) is 0.732. The van der Waals surface area contributed by atoms with Gasteiger partial charge in [0.2, 0.25) is 11.8 Å². The number of nitrogens with one attached hydrogen (secondary N) is 2. The molecule has 2 amide bonds. The van der Waals surface area contributed by atoms with E-state index in [1.165, 1.54) is 0 Å². The highest BCUT2D eigenvalue weighted by molar-refractivity contribution is 5.96. The average molecular weight is 447 g/mol. The van der Waals surface area contributed by atoms with Crippen molar-refractivity contribution in [1.29, 1.82) is 0 Å². The summed E-state index contributed by atoms with van der Waals surface area (Å²) in [4.78, 5) is 25.5. The number of benzene rings is 4. The number of rotatable bonds is 7. The van der Waals surface area contributed by atoms with Crippen LogP contribution in [0.5, 0.6) is 0 Å². The molecule has 1 aliphatic carbocycles.